The van der Waals surface area contributed by atoms with E-state index in [1.807, 2.05) is 6.07 Å². The van der Waals surface area contributed by atoms with E-state index in [0.717, 1.165) is 11.8 Å². The molecular formula is C26H30N2O7S. The summed E-state index contributed by atoms with van der Waals surface area (Å²) in [5, 5.41) is 2.87. The summed E-state index contributed by atoms with van der Waals surface area (Å²) in [4.78, 5) is 12.7. The summed E-state index contributed by atoms with van der Waals surface area (Å²) in [6.45, 7) is 0.370. The molecule has 0 aromatic heterocycles. The number of ether oxygens (including phenoxy) is 4. The number of carbonyl (C=O) groups excluding carboxylic acids is 1. The first-order valence-electron chi connectivity index (χ1n) is 11.0. The van der Waals surface area contributed by atoms with Gasteiger partial charge in [0.15, 0.2) is 11.5 Å². The van der Waals surface area contributed by atoms with Crippen molar-refractivity contribution in [2.75, 3.05) is 39.0 Å². The first kappa shape index (κ1) is 26.7. The Bertz CT molecular complexity index is 1310. The molecule has 10 heteroatoms. The van der Waals surface area contributed by atoms with Crippen LogP contribution in [0.15, 0.2) is 60.7 Å². The van der Waals surface area contributed by atoms with Crippen LogP contribution in [0.3, 0.4) is 0 Å². The van der Waals surface area contributed by atoms with Gasteiger partial charge in [0.2, 0.25) is 10.0 Å². The van der Waals surface area contributed by atoms with Crippen LogP contribution in [0.25, 0.3) is 0 Å². The fraction of sp³-hybridized carbons (Fsp3) is 0.269. The van der Waals surface area contributed by atoms with Crippen LogP contribution in [0.2, 0.25) is 0 Å². The Morgan fingerprint density at radius 2 is 1.42 bits per heavy atom. The van der Waals surface area contributed by atoms with Crippen molar-refractivity contribution >= 4 is 21.6 Å². The highest BCUT2D eigenvalue weighted by molar-refractivity contribution is 7.92. The van der Waals surface area contributed by atoms with E-state index in [4.69, 9.17) is 18.9 Å². The summed E-state index contributed by atoms with van der Waals surface area (Å²) >= 11 is 0. The Morgan fingerprint density at radius 1 is 0.778 bits per heavy atom. The molecule has 36 heavy (non-hydrogen) atoms. The molecule has 9 nitrogen and oxygen atoms in total. The van der Waals surface area contributed by atoms with Gasteiger partial charge in [0.25, 0.3) is 5.91 Å². The molecule has 1 amide bonds. The van der Waals surface area contributed by atoms with E-state index in [1.54, 1.807) is 68.8 Å². The number of methoxy groups -OCH3 is 4. The van der Waals surface area contributed by atoms with Gasteiger partial charge in [0, 0.05) is 18.2 Å². The zero-order chi connectivity index (χ0) is 26.3. The highest BCUT2D eigenvalue weighted by atomic mass is 32.2. The third kappa shape index (κ3) is 6.39. The molecule has 0 aliphatic carbocycles. The maximum atomic E-state index is 12.7. The second kappa shape index (κ2) is 11.7. The van der Waals surface area contributed by atoms with Crippen molar-refractivity contribution in [2.24, 2.45) is 0 Å². The zero-order valence-corrected chi connectivity index (χ0v) is 21.7. The molecular weight excluding hydrogens is 484 g/mol. The molecule has 3 aromatic carbocycles. The van der Waals surface area contributed by atoms with Crippen LogP contribution in [-0.2, 0) is 23.1 Å². The topological polar surface area (TPSA) is 103 Å². The normalized spacial score (nSPS) is 10.9. The van der Waals surface area contributed by atoms with Crippen molar-refractivity contribution in [1.29, 1.82) is 0 Å². The number of nitrogens with one attached hydrogen (secondary N) is 1. The molecule has 0 saturated heterocycles. The number of anilines is 1. The van der Waals surface area contributed by atoms with Crippen molar-refractivity contribution in [3.05, 3.63) is 77.4 Å². The lowest BCUT2D eigenvalue weighted by molar-refractivity contribution is 0.0951. The molecule has 0 spiro atoms. The standard InChI is InChI=1S/C26H30N2O7S/c1-32-21-11-12-22(24(15-21)34-3)28(36(5,30)31)17-18-6-9-20(10-7-18)26(29)27-16-19-8-13-23(33-2)25(14-19)35-4/h6-15H,16-17H2,1-5H3,(H,27,29). The quantitative estimate of drug-likeness (QED) is 0.417. The first-order valence-corrected chi connectivity index (χ1v) is 12.8. The highest BCUT2D eigenvalue weighted by Gasteiger charge is 2.22. The Balaban J connectivity index is 1.73. The molecule has 3 rings (SSSR count). The van der Waals surface area contributed by atoms with E-state index < -0.39 is 10.0 Å². The fourth-order valence-corrected chi connectivity index (χ4v) is 4.47. The molecule has 0 bridgehead atoms. The molecule has 192 valence electrons. The van der Waals surface area contributed by atoms with Gasteiger partial charge >= 0.3 is 0 Å². The van der Waals surface area contributed by atoms with Gasteiger partial charge in [-0.3, -0.25) is 9.10 Å². The van der Waals surface area contributed by atoms with Gasteiger partial charge in [-0.25, -0.2) is 8.42 Å². The molecule has 0 unspecified atom stereocenters. The molecule has 0 heterocycles. The van der Waals surface area contributed by atoms with Crippen LogP contribution in [-0.4, -0.2) is 49.0 Å². The van der Waals surface area contributed by atoms with Crippen molar-refractivity contribution in [2.45, 2.75) is 13.1 Å². The Morgan fingerprint density at radius 3 is 2.00 bits per heavy atom. The van der Waals surface area contributed by atoms with Gasteiger partial charge in [-0.1, -0.05) is 18.2 Å². The maximum absolute atomic E-state index is 12.7. The second-order valence-electron chi connectivity index (χ2n) is 7.88. The smallest absolute Gasteiger partial charge is 0.251 e. The van der Waals surface area contributed by atoms with Gasteiger partial charge in [-0.05, 0) is 47.5 Å². The minimum atomic E-state index is -3.63. The number of amides is 1. The summed E-state index contributed by atoms with van der Waals surface area (Å²) in [5.74, 6) is 1.85. The van der Waals surface area contributed by atoms with Crippen LogP contribution in [0.4, 0.5) is 5.69 Å². The average molecular weight is 515 g/mol. The fourth-order valence-electron chi connectivity index (χ4n) is 3.57. The number of benzene rings is 3. The number of carbonyl (C=O) groups is 1. The summed E-state index contributed by atoms with van der Waals surface area (Å²) in [6, 6.07) is 17.1. The first-order chi connectivity index (χ1) is 17.2. The Labute approximate surface area is 211 Å². The minimum absolute atomic E-state index is 0.0645. The number of hydrogen-bond acceptors (Lipinski definition) is 7. The summed E-state index contributed by atoms with van der Waals surface area (Å²) in [5.41, 5.74) is 2.40. The maximum Gasteiger partial charge on any atom is 0.251 e. The Kier molecular flexibility index (Phi) is 8.65. The van der Waals surface area contributed by atoms with Crippen LogP contribution in [0.1, 0.15) is 21.5 Å². The van der Waals surface area contributed by atoms with E-state index in [1.165, 1.54) is 18.5 Å². The molecule has 0 saturated carbocycles. The monoisotopic (exact) mass is 514 g/mol. The molecule has 0 fully saturated rings. The average Bonchev–Trinajstić information content (AvgIpc) is 2.89. The van der Waals surface area contributed by atoms with Crippen LogP contribution >= 0.6 is 0 Å². The molecule has 0 aliphatic heterocycles. The van der Waals surface area contributed by atoms with Gasteiger partial charge in [-0.2, -0.15) is 0 Å². The number of rotatable bonds is 11. The third-order valence-electron chi connectivity index (χ3n) is 5.50. The van der Waals surface area contributed by atoms with Crippen molar-refractivity contribution in [3.8, 4) is 23.0 Å². The van der Waals surface area contributed by atoms with Crippen molar-refractivity contribution < 1.29 is 32.2 Å². The largest absolute Gasteiger partial charge is 0.497 e. The molecule has 0 atom stereocenters. The van der Waals surface area contributed by atoms with Crippen LogP contribution in [0, 0.1) is 0 Å². The second-order valence-corrected chi connectivity index (χ2v) is 9.78. The van der Waals surface area contributed by atoms with Gasteiger partial charge in [0.05, 0.1) is 46.9 Å². The number of sulfonamides is 1. The molecule has 3 aromatic rings. The van der Waals surface area contributed by atoms with E-state index in [9.17, 15) is 13.2 Å². The van der Waals surface area contributed by atoms with E-state index in [0.29, 0.717) is 46.4 Å². The van der Waals surface area contributed by atoms with Crippen molar-refractivity contribution in [1.82, 2.24) is 5.32 Å². The van der Waals surface area contributed by atoms with E-state index in [2.05, 4.69) is 5.32 Å². The van der Waals surface area contributed by atoms with Crippen LogP contribution < -0.4 is 28.6 Å². The van der Waals surface area contributed by atoms with Crippen LogP contribution in [0.5, 0.6) is 23.0 Å². The van der Waals surface area contributed by atoms with Gasteiger partial charge in [0.1, 0.15) is 11.5 Å². The lowest BCUT2D eigenvalue weighted by atomic mass is 10.1. The minimum Gasteiger partial charge on any atom is -0.497 e. The lowest BCUT2D eigenvalue weighted by Crippen LogP contribution is -2.29. The molecule has 0 radical (unpaired) electrons. The predicted octanol–water partition coefficient (Wildman–Crippen LogP) is 3.62. The van der Waals surface area contributed by atoms with E-state index >= 15 is 0 Å². The third-order valence-corrected chi connectivity index (χ3v) is 6.63. The van der Waals surface area contributed by atoms with Gasteiger partial charge < -0.3 is 24.3 Å². The van der Waals surface area contributed by atoms with Gasteiger partial charge in [-0.15, -0.1) is 0 Å². The van der Waals surface area contributed by atoms with E-state index in [-0.39, 0.29) is 12.5 Å². The highest BCUT2D eigenvalue weighted by Crippen LogP contribution is 2.34. The van der Waals surface area contributed by atoms with Crippen molar-refractivity contribution in [3.63, 3.8) is 0 Å². The molecule has 1 N–H and O–H groups in total. The Hall–Kier alpha value is -3.92. The summed E-state index contributed by atoms with van der Waals surface area (Å²) < 4.78 is 47.6. The lowest BCUT2D eigenvalue weighted by Gasteiger charge is -2.24. The zero-order valence-electron chi connectivity index (χ0n) is 20.9. The summed E-state index contributed by atoms with van der Waals surface area (Å²) in [6.07, 6.45) is 1.13. The number of hydrogen-bond donors (Lipinski definition) is 1. The molecule has 0 aliphatic rings. The number of nitrogens with zero attached hydrogens (tertiary/aromatic N) is 1. The predicted molar refractivity (Wildman–Crippen MR) is 138 cm³/mol. The SMILES string of the molecule is COc1ccc(N(Cc2ccc(C(=O)NCc3ccc(OC)c(OC)c3)cc2)S(C)(=O)=O)c(OC)c1. The summed E-state index contributed by atoms with van der Waals surface area (Å²) in [7, 11) is 2.47.